The Bertz CT molecular complexity index is 1000. The standard InChI is InChI=1S/C23H26ClN3O3S/c1-14-5-10-18-17(13-14)20-19(21(28)25-16-8-6-15(24)7-9-16)23(2,30-18)27(22(31)26-20)11-4-12-29-3/h5-10,13,19-20H,4,11-12H2,1-3H3,(H,25,28)(H,26,31)/t19-,20-,23+/m0/s1. The van der Waals surface area contributed by atoms with Crippen molar-refractivity contribution in [3.05, 3.63) is 58.6 Å². The van der Waals surface area contributed by atoms with Gasteiger partial charge in [-0.1, -0.05) is 29.3 Å². The second kappa shape index (κ2) is 8.65. The molecule has 0 aromatic heterocycles. The van der Waals surface area contributed by atoms with Crippen LogP contribution in [0.3, 0.4) is 0 Å². The Morgan fingerprint density at radius 2 is 2.06 bits per heavy atom. The summed E-state index contributed by atoms with van der Waals surface area (Å²) in [4.78, 5) is 15.6. The van der Waals surface area contributed by atoms with E-state index < -0.39 is 11.6 Å². The van der Waals surface area contributed by atoms with Gasteiger partial charge < -0.3 is 25.0 Å². The van der Waals surface area contributed by atoms with Gasteiger partial charge in [0.05, 0.1) is 6.04 Å². The third-order valence-corrected chi connectivity index (χ3v) is 6.50. The van der Waals surface area contributed by atoms with Gasteiger partial charge in [-0.15, -0.1) is 0 Å². The number of carbonyl (C=O) groups is 1. The molecular weight excluding hydrogens is 434 g/mol. The van der Waals surface area contributed by atoms with Crippen LogP contribution in [0.4, 0.5) is 5.69 Å². The quantitative estimate of drug-likeness (QED) is 0.496. The summed E-state index contributed by atoms with van der Waals surface area (Å²) in [6.45, 7) is 5.16. The van der Waals surface area contributed by atoms with Crippen LogP contribution in [-0.2, 0) is 9.53 Å². The van der Waals surface area contributed by atoms with E-state index in [0.29, 0.717) is 29.0 Å². The lowest BCUT2D eigenvalue weighted by Gasteiger charge is -2.56. The fraction of sp³-hybridized carbons (Fsp3) is 0.391. The first-order valence-corrected chi connectivity index (χ1v) is 11.0. The molecule has 0 saturated carbocycles. The zero-order chi connectivity index (χ0) is 22.2. The van der Waals surface area contributed by atoms with Crippen LogP contribution in [0.1, 0.15) is 30.5 Å². The average molecular weight is 460 g/mol. The van der Waals surface area contributed by atoms with Crippen LogP contribution in [0.2, 0.25) is 5.02 Å². The number of nitrogens with one attached hydrogen (secondary N) is 2. The number of benzene rings is 2. The van der Waals surface area contributed by atoms with E-state index in [0.717, 1.165) is 23.3 Å². The number of anilines is 1. The molecule has 2 bridgehead atoms. The van der Waals surface area contributed by atoms with Crippen molar-refractivity contribution in [2.24, 2.45) is 5.92 Å². The number of amides is 1. The minimum atomic E-state index is -0.945. The van der Waals surface area contributed by atoms with Crippen molar-refractivity contribution in [2.45, 2.75) is 32.0 Å². The molecule has 3 atom stereocenters. The van der Waals surface area contributed by atoms with E-state index >= 15 is 0 Å². The molecule has 8 heteroatoms. The first-order chi connectivity index (χ1) is 14.8. The summed E-state index contributed by atoms with van der Waals surface area (Å²) in [7, 11) is 1.67. The van der Waals surface area contributed by atoms with Gasteiger partial charge in [-0.05, 0) is 62.8 Å². The lowest BCUT2D eigenvalue weighted by atomic mass is 9.78. The molecule has 2 aromatic carbocycles. The molecule has 1 saturated heterocycles. The number of rotatable bonds is 6. The number of ether oxygens (including phenoxy) is 2. The predicted octanol–water partition coefficient (Wildman–Crippen LogP) is 4.28. The van der Waals surface area contributed by atoms with Crippen LogP contribution in [0.15, 0.2) is 42.5 Å². The van der Waals surface area contributed by atoms with Gasteiger partial charge in [0.1, 0.15) is 11.7 Å². The van der Waals surface area contributed by atoms with E-state index in [9.17, 15) is 4.79 Å². The Morgan fingerprint density at radius 3 is 2.77 bits per heavy atom. The summed E-state index contributed by atoms with van der Waals surface area (Å²) in [5.74, 6) is 0.0841. The number of aryl methyl sites for hydroxylation is 1. The molecule has 6 nitrogen and oxygen atoms in total. The number of hydrogen-bond donors (Lipinski definition) is 2. The molecule has 4 rings (SSSR count). The van der Waals surface area contributed by atoms with E-state index in [4.69, 9.17) is 33.3 Å². The SMILES string of the molecule is COCCCN1C(=S)N[C@H]2c3cc(C)ccc3O[C@]1(C)[C@@H]2C(=O)Nc1ccc(Cl)cc1. The Balaban J connectivity index is 1.72. The second-order valence-electron chi connectivity index (χ2n) is 8.10. The van der Waals surface area contributed by atoms with E-state index in [-0.39, 0.29) is 11.9 Å². The van der Waals surface area contributed by atoms with Crippen LogP contribution in [0.25, 0.3) is 0 Å². The van der Waals surface area contributed by atoms with E-state index in [1.54, 1.807) is 31.4 Å². The highest BCUT2D eigenvalue weighted by Gasteiger charge is 2.58. The van der Waals surface area contributed by atoms with Gasteiger partial charge in [-0.25, -0.2) is 0 Å². The zero-order valence-corrected chi connectivity index (χ0v) is 19.3. The molecule has 2 N–H and O–H groups in total. The van der Waals surface area contributed by atoms with Gasteiger partial charge in [-0.2, -0.15) is 0 Å². The molecule has 1 fully saturated rings. The third-order valence-electron chi connectivity index (χ3n) is 5.91. The summed E-state index contributed by atoms with van der Waals surface area (Å²) < 4.78 is 11.7. The summed E-state index contributed by atoms with van der Waals surface area (Å²) in [6.07, 6.45) is 0.758. The molecule has 2 heterocycles. The summed E-state index contributed by atoms with van der Waals surface area (Å²) >= 11 is 11.7. The smallest absolute Gasteiger partial charge is 0.236 e. The fourth-order valence-corrected chi connectivity index (χ4v) is 4.94. The van der Waals surface area contributed by atoms with Crippen LogP contribution >= 0.6 is 23.8 Å². The second-order valence-corrected chi connectivity index (χ2v) is 8.92. The van der Waals surface area contributed by atoms with E-state index in [1.807, 2.05) is 30.9 Å². The molecule has 164 valence electrons. The molecule has 1 amide bonds. The van der Waals surface area contributed by atoms with Crippen molar-refractivity contribution in [1.82, 2.24) is 10.2 Å². The van der Waals surface area contributed by atoms with Gasteiger partial charge in [0, 0.05) is 36.5 Å². The Hall–Kier alpha value is -2.35. The third kappa shape index (κ3) is 4.10. The van der Waals surface area contributed by atoms with Gasteiger partial charge in [0.2, 0.25) is 5.91 Å². The van der Waals surface area contributed by atoms with Crippen LogP contribution < -0.4 is 15.4 Å². The zero-order valence-electron chi connectivity index (χ0n) is 17.8. The van der Waals surface area contributed by atoms with Crippen molar-refractivity contribution >= 4 is 40.5 Å². The molecule has 0 aliphatic carbocycles. The maximum Gasteiger partial charge on any atom is 0.236 e. The van der Waals surface area contributed by atoms with E-state index in [2.05, 4.69) is 16.7 Å². The van der Waals surface area contributed by atoms with Gasteiger partial charge in [0.25, 0.3) is 0 Å². The molecule has 0 radical (unpaired) electrons. The van der Waals surface area contributed by atoms with Crippen LogP contribution in [0.5, 0.6) is 5.75 Å². The highest BCUT2D eigenvalue weighted by molar-refractivity contribution is 7.80. The summed E-state index contributed by atoms with van der Waals surface area (Å²) in [5, 5.41) is 7.63. The van der Waals surface area contributed by atoms with Crippen molar-refractivity contribution in [2.75, 3.05) is 25.6 Å². The maximum atomic E-state index is 13.6. The molecular formula is C23H26ClN3O3S. The van der Waals surface area contributed by atoms with Gasteiger partial charge in [-0.3, -0.25) is 4.79 Å². The highest BCUT2D eigenvalue weighted by atomic mass is 35.5. The van der Waals surface area contributed by atoms with Crippen LogP contribution in [-0.4, -0.2) is 41.9 Å². The predicted molar refractivity (Wildman–Crippen MR) is 125 cm³/mol. The minimum Gasteiger partial charge on any atom is -0.467 e. The molecule has 2 aliphatic heterocycles. The van der Waals surface area contributed by atoms with Crippen molar-refractivity contribution < 1.29 is 14.3 Å². The molecule has 2 aromatic rings. The first kappa shape index (κ1) is 21.9. The normalized spacial score (nSPS) is 24.1. The largest absolute Gasteiger partial charge is 0.467 e. The highest BCUT2D eigenvalue weighted by Crippen LogP contribution is 2.48. The summed E-state index contributed by atoms with van der Waals surface area (Å²) in [5.41, 5.74) is 1.77. The monoisotopic (exact) mass is 459 g/mol. The average Bonchev–Trinajstić information content (AvgIpc) is 2.72. The number of thiocarbonyl (C=S) groups is 1. The lowest BCUT2D eigenvalue weighted by Crippen LogP contribution is -2.71. The Kier molecular flexibility index (Phi) is 6.10. The topological polar surface area (TPSA) is 62.8 Å². The summed E-state index contributed by atoms with van der Waals surface area (Å²) in [6, 6.07) is 12.8. The van der Waals surface area contributed by atoms with Crippen molar-refractivity contribution in [3.8, 4) is 5.75 Å². The number of nitrogens with zero attached hydrogens (tertiary/aromatic N) is 1. The molecule has 0 spiro atoms. The van der Waals surface area contributed by atoms with E-state index in [1.165, 1.54) is 0 Å². The van der Waals surface area contributed by atoms with Gasteiger partial charge in [0.15, 0.2) is 10.8 Å². The number of hydrogen-bond acceptors (Lipinski definition) is 4. The first-order valence-electron chi connectivity index (χ1n) is 10.3. The molecule has 2 aliphatic rings. The number of carbonyl (C=O) groups excluding carboxylic acids is 1. The number of methoxy groups -OCH3 is 1. The molecule has 31 heavy (non-hydrogen) atoms. The number of fused-ring (bicyclic) bond motifs is 4. The fourth-order valence-electron chi connectivity index (χ4n) is 4.41. The van der Waals surface area contributed by atoms with Gasteiger partial charge >= 0.3 is 0 Å². The Labute approximate surface area is 192 Å². The van der Waals surface area contributed by atoms with Crippen molar-refractivity contribution in [3.63, 3.8) is 0 Å². The maximum absolute atomic E-state index is 13.6. The van der Waals surface area contributed by atoms with Crippen molar-refractivity contribution in [1.29, 1.82) is 0 Å². The Morgan fingerprint density at radius 1 is 1.32 bits per heavy atom. The van der Waals surface area contributed by atoms with Crippen LogP contribution in [0, 0.1) is 12.8 Å². The minimum absolute atomic E-state index is 0.145. The lowest BCUT2D eigenvalue weighted by molar-refractivity contribution is -0.149. The molecule has 0 unspecified atom stereocenters. The number of halogens is 1.